The van der Waals surface area contributed by atoms with Crippen molar-refractivity contribution >= 4 is 35.1 Å². The van der Waals surface area contributed by atoms with Gasteiger partial charge in [0.1, 0.15) is 5.82 Å². The number of nitrogens with zero attached hydrogens (tertiary/aromatic N) is 4. The number of rotatable bonds is 7. The predicted molar refractivity (Wildman–Crippen MR) is 125 cm³/mol. The summed E-state index contributed by atoms with van der Waals surface area (Å²) >= 11 is 0. The highest BCUT2D eigenvalue weighted by atomic mass is 19.1. The molecule has 9 nitrogen and oxygen atoms in total. The summed E-state index contributed by atoms with van der Waals surface area (Å²) in [6.45, 7) is -0.645. The number of anilines is 2. The molecule has 0 N–H and O–H groups in total. The van der Waals surface area contributed by atoms with Gasteiger partial charge in [-0.2, -0.15) is 5.26 Å². The van der Waals surface area contributed by atoms with E-state index in [0.29, 0.717) is 29.8 Å². The quantitative estimate of drug-likeness (QED) is 0.552. The maximum absolute atomic E-state index is 13.7. The number of nitriles is 1. The number of benzene rings is 2. The second-order valence-corrected chi connectivity index (χ2v) is 8.98. The smallest absolute Gasteiger partial charge is 0.354 e. The maximum atomic E-state index is 13.7. The van der Waals surface area contributed by atoms with E-state index in [0.717, 1.165) is 0 Å². The fraction of sp³-hybridized carbons (Fsp3) is 0.346. The second kappa shape index (κ2) is 9.07. The first-order chi connectivity index (χ1) is 17.4. The average Bonchev–Trinajstić information content (AvgIpc) is 3.65. The highest BCUT2D eigenvalue weighted by molar-refractivity contribution is 6.16. The lowest BCUT2D eigenvalue weighted by atomic mass is 9.96. The summed E-state index contributed by atoms with van der Waals surface area (Å²) in [7, 11) is 0. The van der Waals surface area contributed by atoms with Crippen LogP contribution in [0.5, 0.6) is 0 Å². The molecule has 2 fully saturated rings. The first-order valence-electron chi connectivity index (χ1n) is 11.7. The van der Waals surface area contributed by atoms with Gasteiger partial charge in [-0.15, -0.1) is 0 Å². The van der Waals surface area contributed by atoms with Crippen molar-refractivity contribution in [3.8, 4) is 6.07 Å². The zero-order valence-electron chi connectivity index (χ0n) is 19.4. The maximum Gasteiger partial charge on any atom is 0.354 e. The Kier molecular flexibility index (Phi) is 5.92. The van der Waals surface area contributed by atoms with Crippen LogP contribution in [0.3, 0.4) is 0 Å². The second-order valence-electron chi connectivity index (χ2n) is 8.98. The molecule has 0 unspecified atom stereocenters. The molecule has 2 aromatic carbocycles. The lowest BCUT2D eigenvalue weighted by molar-refractivity contribution is -0.160. The van der Waals surface area contributed by atoms with Crippen LogP contribution in [0.1, 0.15) is 42.5 Å². The fourth-order valence-electron chi connectivity index (χ4n) is 5.01. The third-order valence-electron chi connectivity index (χ3n) is 6.75. The van der Waals surface area contributed by atoms with Crippen LogP contribution in [0, 0.1) is 17.1 Å². The Labute approximate surface area is 206 Å². The van der Waals surface area contributed by atoms with E-state index in [-0.39, 0.29) is 43.7 Å². The molecule has 1 saturated carbocycles. The molecule has 2 aliphatic heterocycles. The monoisotopic (exact) mass is 490 g/mol. The van der Waals surface area contributed by atoms with E-state index in [1.807, 2.05) is 6.07 Å². The summed E-state index contributed by atoms with van der Waals surface area (Å²) in [6.07, 6.45) is 1.54. The van der Waals surface area contributed by atoms with Gasteiger partial charge < -0.3 is 14.5 Å². The van der Waals surface area contributed by atoms with E-state index in [4.69, 9.17) is 10.00 Å². The minimum Gasteiger partial charge on any atom is -0.452 e. The van der Waals surface area contributed by atoms with Crippen LogP contribution < -0.4 is 9.80 Å². The number of amides is 3. The Hall–Kier alpha value is -4.26. The zero-order valence-corrected chi connectivity index (χ0v) is 19.4. The Balaban J connectivity index is 1.43. The highest BCUT2D eigenvalue weighted by Crippen LogP contribution is 2.49. The Morgan fingerprint density at radius 3 is 2.56 bits per heavy atom. The predicted octanol–water partition coefficient (Wildman–Crippen LogP) is 2.76. The molecule has 5 rings (SSSR count). The number of hydrogen-bond donors (Lipinski definition) is 0. The Bertz CT molecular complexity index is 1290. The molecular formula is C26H23FN4O5. The van der Waals surface area contributed by atoms with Crippen molar-refractivity contribution in [3.05, 3.63) is 59.9 Å². The number of carbonyl (C=O) groups is 4. The number of esters is 1. The Morgan fingerprint density at radius 2 is 1.86 bits per heavy atom. The van der Waals surface area contributed by atoms with E-state index >= 15 is 0 Å². The molecule has 184 valence electrons. The molecule has 0 radical (unpaired) electrons. The first-order valence-corrected chi connectivity index (χ1v) is 11.7. The largest absolute Gasteiger partial charge is 0.452 e. The molecule has 2 aromatic rings. The SMILES string of the molecule is N#CCCN(C(=O)COC(=O)[C@@]12CCC(=O)N1c1ccccc1C(=O)N2C1CC1)c1ccc(F)cc1. The number of ether oxygens (including phenoxy) is 1. The van der Waals surface area contributed by atoms with Crippen LogP contribution in [0.4, 0.5) is 15.8 Å². The lowest BCUT2D eigenvalue weighted by Gasteiger charge is -2.48. The number of fused-ring (bicyclic) bond motifs is 3. The van der Waals surface area contributed by atoms with Crippen LogP contribution in [-0.4, -0.2) is 53.4 Å². The van der Waals surface area contributed by atoms with Gasteiger partial charge in [-0.25, -0.2) is 9.18 Å². The number of halogens is 1. The lowest BCUT2D eigenvalue weighted by Crippen LogP contribution is -2.69. The molecule has 1 atom stereocenters. The summed E-state index contributed by atoms with van der Waals surface area (Å²) in [6, 6.07) is 13.6. The van der Waals surface area contributed by atoms with Crippen LogP contribution in [0.15, 0.2) is 48.5 Å². The van der Waals surface area contributed by atoms with Gasteiger partial charge in [-0.05, 0) is 49.2 Å². The van der Waals surface area contributed by atoms with Crippen LogP contribution in [0.2, 0.25) is 0 Å². The summed E-state index contributed by atoms with van der Waals surface area (Å²) < 4.78 is 18.9. The van der Waals surface area contributed by atoms with Crippen molar-refractivity contribution in [2.24, 2.45) is 0 Å². The molecule has 1 aliphatic carbocycles. The van der Waals surface area contributed by atoms with Gasteiger partial charge >= 0.3 is 5.97 Å². The minimum atomic E-state index is -1.66. The fourth-order valence-corrected chi connectivity index (χ4v) is 5.01. The minimum absolute atomic E-state index is 0.0179. The van der Waals surface area contributed by atoms with Crippen molar-refractivity contribution in [2.45, 2.75) is 43.8 Å². The third kappa shape index (κ3) is 3.77. The van der Waals surface area contributed by atoms with E-state index in [2.05, 4.69) is 0 Å². The topological polar surface area (TPSA) is 111 Å². The molecular weight excluding hydrogens is 467 g/mol. The van der Waals surface area contributed by atoms with E-state index < -0.39 is 30.0 Å². The van der Waals surface area contributed by atoms with Crippen LogP contribution in [-0.2, 0) is 19.1 Å². The molecule has 3 amide bonds. The van der Waals surface area contributed by atoms with Crippen molar-refractivity contribution in [1.82, 2.24) is 4.90 Å². The van der Waals surface area contributed by atoms with Crippen molar-refractivity contribution < 1.29 is 28.3 Å². The van der Waals surface area contributed by atoms with E-state index in [1.165, 1.54) is 39.0 Å². The van der Waals surface area contributed by atoms with Gasteiger partial charge in [-0.3, -0.25) is 19.3 Å². The number of hydrogen-bond acceptors (Lipinski definition) is 6. The molecule has 3 aliphatic rings. The van der Waals surface area contributed by atoms with E-state index in [9.17, 15) is 23.6 Å². The average molecular weight is 490 g/mol. The van der Waals surface area contributed by atoms with Crippen LogP contribution in [0.25, 0.3) is 0 Å². The van der Waals surface area contributed by atoms with Gasteiger partial charge in [-0.1, -0.05) is 12.1 Å². The molecule has 36 heavy (non-hydrogen) atoms. The number of para-hydroxylation sites is 1. The van der Waals surface area contributed by atoms with Crippen molar-refractivity contribution in [3.63, 3.8) is 0 Å². The summed E-state index contributed by atoms with van der Waals surface area (Å²) in [5, 5.41) is 8.99. The van der Waals surface area contributed by atoms with E-state index in [1.54, 1.807) is 24.3 Å². The number of carbonyl (C=O) groups excluding carboxylic acids is 4. The summed E-state index contributed by atoms with van der Waals surface area (Å²) in [5.41, 5.74) is -0.604. The molecule has 1 saturated heterocycles. The van der Waals surface area contributed by atoms with Crippen molar-refractivity contribution in [1.29, 1.82) is 5.26 Å². The standard InChI is InChI=1S/C26H23FN4O5/c27-17-6-8-18(9-7-17)29(15-3-14-28)23(33)16-36-25(35)26-13-12-22(32)31(26)21-5-2-1-4-20(21)24(34)30(26)19-10-11-19/h1-2,4-9,19H,3,10-13,15-16H2/t26-/m1/s1. The molecule has 0 bridgehead atoms. The van der Waals surface area contributed by atoms with Gasteiger partial charge in [0, 0.05) is 31.1 Å². The van der Waals surface area contributed by atoms with Crippen LogP contribution >= 0.6 is 0 Å². The van der Waals surface area contributed by atoms with Gasteiger partial charge in [0.2, 0.25) is 11.6 Å². The third-order valence-corrected chi connectivity index (χ3v) is 6.75. The highest BCUT2D eigenvalue weighted by Gasteiger charge is 2.64. The van der Waals surface area contributed by atoms with Gasteiger partial charge in [0.15, 0.2) is 6.61 Å². The Morgan fingerprint density at radius 1 is 1.14 bits per heavy atom. The van der Waals surface area contributed by atoms with Gasteiger partial charge in [0.25, 0.3) is 11.8 Å². The molecule has 0 aromatic heterocycles. The summed E-state index contributed by atoms with van der Waals surface area (Å²) in [5.74, 6) is -2.59. The molecule has 0 spiro atoms. The zero-order chi connectivity index (χ0) is 25.4. The normalized spacial score (nSPS) is 20.4. The molecule has 2 heterocycles. The van der Waals surface area contributed by atoms with Gasteiger partial charge in [0.05, 0.1) is 23.7 Å². The van der Waals surface area contributed by atoms with Crippen molar-refractivity contribution in [2.75, 3.05) is 23.0 Å². The molecule has 10 heteroatoms. The first kappa shape index (κ1) is 23.5. The summed E-state index contributed by atoms with van der Waals surface area (Å²) in [4.78, 5) is 57.3.